The minimum Gasteiger partial charge on any atom is -0.337 e. The summed E-state index contributed by atoms with van der Waals surface area (Å²) >= 11 is 5.26. The molecule has 1 amide bonds. The van der Waals surface area contributed by atoms with E-state index in [-0.39, 0.29) is 18.5 Å². The second kappa shape index (κ2) is 6.66. The van der Waals surface area contributed by atoms with Gasteiger partial charge in [0.25, 0.3) is 0 Å². The molecule has 23 heavy (non-hydrogen) atoms. The molecule has 0 aliphatic heterocycles. The number of rotatable bonds is 5. The van der Waals surface area contributed by atoms with Crippen molar-refractivity contribution in [3.63, 3.8) is 0 Å². The summed E-state index contributed by atoms with van der Waals surface area (Å²) in [5.74, 6) is 0.924. The quantitative estimate of drug-likeness (QED) is 0.857. The third kappa shape index (κ3) is 3.08. The van der Waals surface area contributed by atoms with Crippen LogP contribution in [0.25, 0.3) is 0 Å². The Kier molecular flexibility index (Phi) is 4.61. The first-order valence-electron chi connectivity index (χ1n) is 8.09. The summed E-state index contributed by atoms with van der Waals surface area (Å²) in [6.07, 6.45) is 3.81. The number of aromatic nitrogens is 3. The first-order chi connectivity index (χ1) is 11.1. The Morgan fingerprint density at radius 3 is 3.04 bits per heavy atom. The maximum atomic E-state index is 12.7. The number of nitrogens with one attached hydrogen (secondary N) is 1. The lowest BCUT2D eigenvalue weighted by molar-refractivity contribution is -0.132. The molecule has 0 saturated carbocycles. The molecule has 3 rings (SSSR count). The Hall–Kier alpha value is -1.95. The maximum absolute atomic E-state index is 12.7. The number of hydrogen-bond acceptors (Lipinski definition) is 3. The zero-order valence-electron chi connectivity index (χ0n) is 13.6. The third-order valence-corrected chi connectivity index (χ3v) is 4.88. The van der Waals surface area contributed by atoms with Crippen LogP contribution < -0.4 is 0 Å². The Balaban J connectivity index is 1.77. The molecule has 0 saturated heterocycles. The van der Waals surface area contributed by atoms with Gasteiger partial charge in [-0.05, 0) is 42.6 Å². The van der Waals surface area contributed by atoms with Crippen molar-refractivity contribution in [3.05, 3.63) is 46.0 Å². The van der Waals surface area contributed by atoms with Crippen LogP contribution in [-0.2, 0) is 24.2 Å². The van der Waals surface area contributed by atoms with Gasteiger partial charge in [-0.2, -0.15) is 5.10 Å². The van der Waals surface area contributed by atoms with Gasteiger partial charge in [0.15, 0.2) is 4.77 Å². The van der Waals surface area contributed by atoms with Gasteiger partial charge in [0.1, 0.15) is 12.4 Å². The summed E-state index contributed by atoms with van der Waals surface area (Å²) in [7, 11) is 1.89. The molecular weight excluding hydrogens is 308 g/mol. The summed E-state index contributed by atoms with van der Waals surface area (Å²) in [4.78, 5) is 14.6. The van der Waals surface area contributed by atoms with Crippen molar-refractivity contribution in [2.45, 2.75) is 45.2 Å². The molecule has 1 aliphatic carbocycles. The van der Waals surface area contributed by atoms with E-state index in [1.165, 1.54) is 11.1 Å². The molecule has 1 aliphatic rings. The predicted molar refractivity (Wildman–Crippen MR) is 91.7 cm³/mol. The van der Waals surface area contributed by atoms with Crippen LogP contribution in [0.5, 0.6) is 0 Å². The van der Waals surface area contributed by atoms with Crippen molar-refractivity contribution in [2.75, 3.05) is 7.05 Å². The lowest BCUT2D eigenvalue weighted by atomic mass is 10.1. The fraction of sp³-hybridized carbons (Fsp3) is 0.471. The normalized spacial score (nSPS) is 16.3. The minimum atomic E-state index is 0.0709. The number of carbonyl (C=O) groups excluding carboxylic acids is 1. The van der Waals surface area contributed by atoms with Crippen LogP contribution in [0, 0.1) is 4.77 Å². The van der Waals surface area contributed by atoms with E-state index in [1.54, 1.807) is 0 Å². The number of likely N-dealkylation sites (N-methyl/N-ethyl adjacent to an activating group) is 1. The van der Waals surface area contributed by atoms with Gasteiger partial charge in [-0.3, -0.25) is 14.5 Å². The highest BCUT2D eigenvalue weighted by atomic mass is 32.1. The predicted octanol–water partition coefficient (Wildman–Crippen LogP) is 3.04. The molecule has 0 fully saturated rings. The maximum Gasteiger partial charge on any atom is 0.242 e. The van der Waals surface area contributed by atoms with Crippen LogP contribution >= 0.6 is 12.2 Å². The van der Waals surface area contributed by atoms with E-state index in [4.69, 9.17) is 12.2 Å². The van der Waals surface area contributed by atoms with Crippen LogP contribution in [0.2, 0.25) is 0 Å². The van der Waals surface area contributed by atoms with Crippen LogP contribution in [0.15, 0.2) is 24.3 Å². The minimum absolute atomic E-state index is 0.0709. The highest BCUT2D eigenvalue weighted by Gasteiger charge is 2.28. The number of carbonyl (C=O) groups is 1. The highest BCUT2D eigenvalue weighted by Crippen LogP contribution is 2.34. The fourth-order valence-corrected chi connectivity index (χ4v) is 3.50. The molecule has 1 heterocycles. The number of fused-ring (bicyclic) bond motifs is 1. The van der Waals surface area contributed by atoms with Crippen molar-refractivity contribution >= 4 is 18.1 Å². The van der Waals surface area contributed by atoms with Gasteiger partial charge < -0.3 is 4.90 Å². The second-order valence-electron chi connectivity index (χ2n) is 6.04. The summed E-state index contributed by atoms with van der Waals surface area (Å²) < 4.78 is 2.33. The number of hydrogen-bond donors (Lipinski definition) is 1. The first-order valence-corrected chi connectivity index (χ1v) is 8.50. The lowest BCUT2D eigenvalue weighted by Gasteiger charge is -2.26. The molecule has 5 nitrogen and oxygen atoms in total. The average Bonchev–Trinajstić information content (AvgIpc) is 3.13. The molecule has 6 heteroatoms. The second-order valence-corrected chi connectivity index (χ2v) is 6.43. The zero-order valence-corrected chi connectivity index (χ0v) is 14.4. The van der Waals surface area contributed by atoms with Crippen molar-refractivity contribution in [1.82, 2.24) is 19.7 Å². The number of nitrogens with zero attached hydrogens (tertiary/aromatic N) is 3. The number of benzene rings is 1. The molecule has 0 spiro atoms. The number of H-pyrrole nitrogens is 1. The van der Waals surface area contributed by atoms with E-state index < -0.39 is 0 Å². The van der Waals surface area contributed by atoms with E-state index in [9.17, 15) is 4.79 Å². The van der Waals surface area contributed by atoms with Gasteiger partial charge in [-0.25, -0.2) is 0 Å². The summed E-state index contributed by atoms with van der Waals surface area (Å²) in [5, 5.41) is 7.02. The summed E-state index contributed by atoms with van der Waals surface area (Å²) in [6.45, 7) is 2.34. The average molecular weight is 330 g/mol. The fourth-order valence-electron chi connectivity index (χ4n) is 3.29. The molecule has 1 aromatic heterocycles. The monoisotopic (exact) mass is 330 g/mol. The summed E-state index contributed by atoms with van der Waals surface area (Å²) in [5.41, 5.74) is 2.62. The van der Waals surface area contributed by atoms with Crippen LogP contribution in [0.3, 0.4) is 0 Å². The molecule has 2 aromatic rings. The van der Waals surface area contributed by atoms with Gasteiger partial charge in [0, 0.05) is 13.5 Å². The summed E-state index contributed by atoms with van der Waals surface area (Å²) in [6, 6.07) is 8.54. The zero-order chi connectivity index (χ0) is 16.4. The van der Waals surface area contributed by atoms with E-state index >= 15 is 0 Å². The number of aromatic amines is 1. The van der Waals surface area contributed by atoms with Gasteiger partial charge in [-0.15, -0.1) is 0 Å². The molecule has 0 bridgehead atoms. The Labute approximate surface area is 141 Å². The van der Waals surface area contributed by atoms with E-state index in [2.05, 4.69) is 35.3 Å². The van der Waals surface area contributed by atoms with Crippen LogP contribution in [0.4, 0.5) is 0 Å². The Bertz CT molecular complexity index is 764. The van der Waals surface area contributed by atoms with Gasteiger partial charge >= 0.3 is 0 Å². The lowest BCUT2D eigenvalue weighted by Crippen LogP contribution is -2.33. The van der Waals surface area contributed by atoms with Crippen molar-refractivity contribution in [2.24, 2.45) is 0 Å². The van der Waals surface area contributed by atoms with Crippen molar-refractivity contribution in [1.29, 1.82) is 0 Å². The van der Waals surface area contributed by atoms with E-state index in [0.29, 0.717) is 4.77 Å². The third-order valence-electron chi connectivity index (χ3n) is 4.57. The Morgan fingerprint density at radius 2 is 2.26 bits per heavy atom. The van der Waals surface area contributed by atoms with E-state index in [1.807, 2.05) is 22.6 Å². The smallest absolute Gasteiger partial charge is 0.242 e. The van der Waals surface area contributed by atoms with Crippen LogP contribution in [-0.4, -0.2) is 32.6 Å². The van der Waals surface area contributed by atoms with Crippen molar-refractivity contribution < 1.29 is 4.79 Å². The molecule has 1 aromatic carbocycles. The molecule has 122 valence electrons. The largest absolute Gasteiger partial charge is 0.337 e. The molecule has 0 radical (unpaired) electrons. The highest BCUT2D eigenvalue weighted by molar-refractivity contribution is 7.71. The number of amides is 1. The van der Waals surface area contributed by atoms with Gasteiger partial charge in [0.2, 0.25) is 5.91 Å². The molecule has 1 unspecified atom stereocenters. The topological polar surface area (TPSA) is 53.9 Å². The van der Waals surface area contributed by atoms with Crippen molar-refractivity contribution in [3.8, 4) is 0 Å². The van der Waals surface area contributed by atoms with Crippen LogP contribution in [0.1, 0.15) is 42.8 Å². The Morgan fingerprint density at radius 1 is 1.48 bits per heavy atom. The van der Waals surface area contributed by atoms with Gasteiger partial charge in [-0.1, -0.05) is 31.2 Å². The molecular formula is C17H22N4OS. The SMILES string of the molecule is CCCc1n[nH]c(=S)n1CC(=O)N(C)C1CCc2ccccc21. The molecule has 1 atom stereocenters. The molecule has 1 N–H and O–H groups in total. The van der Waals surface area contributed by atoms with Gasteiger partial charge in [0.05, 0.1) is 6.04 Å². The van der Waals surface area contributed by atoms with E-state index in [0.717, 1.165) is 31.5 Å². The number of aryl methyl sites for hydroxylation is 2. The first kappa shape index (κ1) is 15.9. The standard InChI is InChI=1S/C17H22N4OS/c1-3-6-15-18-19-17(23)21(15)11-16(22)20(2)14-10-9-12-7-4-5-8-13(12)14/h4-5,7-8,14H,3,6,9-11H2,1-2H3,(H,19,23).